The summed E-state index contributed by atoms with van der Waals surface area (Å²) in [4.78, 5) is 52.2. The summed E-state index contributed by atoms with van der Waals surface area (Å²) in [5.74, 6) is -2.44. The first-order valence-corrected chi connectivity index (χ1v) is 9.66. The number of allylic oxidation sites excluding steroid dienone is 2. The number of rotatable bonds is 6. The van der Waals surface area contributed by atoms with Gasteiger partial charge in [0.2, 0.25) is 5.78 Å². The van der Waals surface area contributed by atoms with E-state index < -0.39 is 23.4 Å². The van der Waals surface area contributed by atoms with E-state index in [4.69, 9.17) is 9.47 Å². The molecular weight excluding hydrogens is 412 g/mol. The monoisotopic (exact) mass is 434 g/mol. The van der Waals surface area contributed by atoms with Crippen molar-refractivity contribution < 1.29 is 28.7 Å². The fourth-order valence-electron chi connectivity index (χ4n) is 3.33. The minimum atomic E-state index is -1.09. The fourth-order valence-corrected chi connectivity index (χ4v) is 3.33. The fraction of sp³-hybridized carbons (Fsp3) is 0.167. The number of ketones is 2. The van der Waals surface area contributed by atoms with Crippen LogP contribution >= 0.6 is 0 Å². The lowest BCUT2D eigenvalue weighted by Crippen LogP contribution is -2.45. The van der Waals surface area contributed by atoms with Crippen LogP contribution in [0.25, 0.3) is 0 Å². The maximum atomic E-state index is 13.2. The predicted octanol–water partition coefficient (Wildman–Crippen LogP) is 2.69. The summed E-state index contributed by atoms with van der Waals surface area (Å²) in [6.07, 6.45) is 1.02. The normalized spacial score (nSPS) is 12.4. The zero-order valence-corrected chi connectivity index (χ0v) is 17.9. The molecule has 0 saturated heterocycles. The minimum Gasteiger partial charge on any atom is -0.494 e. The van der Waals surface area contributed by atoms with Gasteiger partial charge in [0.25, 0.3) is 0 Å². The van der Waals surface area contributed by atoms with Crippen LogP contribution in [-0.2, 0) is 9.59 Å². The molecule has 0 radical (unpaired) electrons. The number of Topliss-reactive ketones (excluding diaryl/α,β-unsaturated/α-hetero) is 1. The van der Waals surface area contributed by atoms with Gasteiger partial charge in [-0.1, -0.05) is 42.5 Å². The van der Waals surface area contributed by atoms with E-state index in [1.807, 2.05) is 0 Å². The van der Waals surface area contributed by atoms with Crippen LogP contribution in [0.15, 0.2) is 66.4 Å². The molecule has 1 aliphatic rings. The second-order valence-corrected chi connectivity index (χ2v) is 7.11. The number of anilines is 1. The number of nitrogens with zero attached hydrogens (tertiary/aromatic N) is 1. The van der Waals surface area contributed by atoms with E-state index in [9.17, 15) is 19.2 Å². The predicted molar refractivity (Wildman–Crippen MR) is 118 cm³/mol. The number of nitrogens with one attached hydrogen (secondary N) is 1. The summed E-state index contributed by atoms with van der Waals surface area (Å²) < 4.78 is 10.7. The van der Waals surface area contributed by atoms with E-state index in [1.54, 1.807) is 37.3 Å². The smallest absolute Gasteiger partial charge is 0.317 e. The number of benzene rings is 2. The Bertz CT molecular complexity index is 1140. The van der Waals surface area contributed by atoms with Crippen LogP contribution in [0.2, 0.25) is 0 Å². The van der Waals surface area contributed by atoms with E-state index in [-0.39, 0.29) is 29.1 Å². The van der Waals surface area contributed by atoms with Gasteiger partial charge >= 0.3 is 11.8 Å². The molecule has 8 nitrogen and oxygen atoms in total. The summed E-state index contributed by atoms with van der Waals surface area (Å²) in [5, 5.41) is 2.29. The second-order valence-electron chi connectivity index (χ2n) is 7.11. The molecular formula is C24H22N2O6. The highest BCUT2D eigenvalue weighted by atomic mass is 16.5. The largest absolute Gasteiger partial charge is 0.494 e. The summed E-state index contributed by atoms with van der Waals surface area (Å²) in [6, 6.07) is 11.2. The number of fused-ring (bicyclic) bond motifs is 1. The molecule has 0 heterocycles. The van der Waals surface area contributed by atoms with Gasteiger partial charge in [0.15, 0.2) is 5.78 Å². The first kappa shape index (κ1) is 22.5. The molecule has 1 aliphatic carbocycles. The summed E-state index contributed by atoms with van der Waals surface area (Å²) in [5.41, 5.74) is 0.967. The van der Waals surface area contributed by atoms with Crippen LogP contribution in [0.1, 0.15) is 27.6 Å². The van der Waals surface area contributed by atoms with E-state index >= 15 is 0 Å². The van der Waals surface area contributed by atoms with Crippen LogP contribution in [0.5, 0.6) is 11.5 Å². The maximum Gasteiger partial charge on any atom is 0.317 e. The number of carbonyl (C=O) groups is 4. The van der Waals surface area contributed by atoms with E-state index in [0.717, 1.165) is 11.0 Å². The highest BCUT2D eigenvalue weighted by Crippen LogP contribution is 2.38. The molecule has 0 aliphatic heterocycles. The highest BCUT2D eigenvalue weighted by molar-refractivity contribution is 6.42. The molecule has 2 aromatic rings. The average Bonchev–Trinajstić information content (AvgIpc) is 2.79. The minimum absolute atomic E-state index is 0.00224. The standard InChI is InChI=1S/C24H22N2O6/c1-14(2)13-26(21-19(31-3)10-7-11-20(21)32-4)24(30)23(29)25-17-12-18(27)15-8-5-6-9-16(15)22(17)28/h5-12H,1,13H2,2-4H3,(H,25,29). The van der Waals surface area contributed by atoms with Crippen molar-refractivity contribution in [2.75, 3.05) is 25.7 Å². The van der Waals surface area contributed by atoms with Gasteiger partial charge in [-0.15, -0.1) is 0 Å². The Kier molecular flexibility index (Phi) is 6.53. The zero-order valence-electron chi connectivity index (χ0n) is 17.9. The van der Waals surface area contributed by atoms with Crippen LogP contribution in [0.3, 0.4) is 0 Å². The lowest BCUT2D eigenvalue weighted by Gasteiger charge is -2.26. The molecule has 1 N–H and O–H groups in total. The third-order valence-corrected chi connectivity index (χ3v) is 4.74. The molecule has 2 amide bonds. The van der Waals surface area contributed by atoms with Crippen molar-refractivity contribution in [2.24, 2.45) is 0 Å². The van der Waals surface area contributed by atoms with Crippen molar-refractivity contribution in [1.29, 1.82) is 0 Å². The molecule has 0 atom stereocenters. The summed E-state index contributed by atoms with van der Waals surface area (Å²) >= 11 is 0. The number of ether oxygens (including phenoxy) is 2. The van der Waals surface area contributed by atoms with Gasteiger partial charge in [0.1, 0.15) is 17.2 Å². The van der Waals surface area contributed by atoms with Crippen molar-refractivity contribution in [3.05, 3.63) is 77.5 Å². The van der Waals surface area contributed by atoms with E-state index in [1.165, 1.54) is 26.4 Å². The Balaban J connectivity index is 1.94. The lowest BCUT2D eigenvalue weighted by atomic mass is 9.93. The van der Waals surface area contributed by atoms with Gasteiger partial charge in [-0.2, -0.15) is 0 Å². The number of carbonyl (C=O) groups excluding carboxylic acids is 4. The third kappa shape index (κ3) is 4.29. The van der Waals surface area contributed by atoms with Crippen molar-refractivity contribution in [3.63, 3.8) is 0 Å². The molecule has 0 fully saturated rings. The topological polar surface area (TPSA) is 102 Å². The molecule has 0 bridgehead atoms. The highest BCUT2D eigenvalue weighted by Gasteiger charge is 2.32. The number of para-hydroxylation sites is 1. The molecule has 8 heteroatoms. The van der Waals surface area contributed by atoms with Gasteiger partial charge < -0.3 is 14.8 Å². The van der Waals surface area contributed by atoms with Crippen molar-refractivity contribution in [2.45, 2.75) is 6.92 Å². The Hall–Kier alpha value is -4.20. The number of methoxy groups -OCH3 is 2. The Morgan fingerprint density at radius 2 is 1.56 bits per heavy atom. The zero-order chi connectivity index (χ0) is 23.4. The molecule has 0 spiro atoms. The van der Waals surface area contributed by atoms with Gasteiger partial charge in [-0.3, -0.25) is 24.1 Å². The van der Waals surface area contributed by atoms with Crippen LogP contribution in [-0.4, -0.2) is 44.1 Å². The van der Waals surface area contributed by atoms with Gasteiger partial charge in [-0.05, 0) is 19.1 Å². The van der Waals surface area contributed by atoms with Crippen molar-refractivity contribution >= 4 is 29.1 Å². The van der Waals surface area contributed by atoms with Crippen LogP contribution in [0.4, 0.5) is 5.69 Å². The SMILES string of the molecule is C=C(C)CN(C(=O)C(=O)NC1=CC(=O)c2ccccc2C1=O)c1c(OC)cccc1OC. The quantitative estimate of drug-likeness (QED) is 0.554. The Morgan fingerprint density at radius 3 is 2.12 bits per heavy atom. The number of amides is 2. The third-order valence-electron chi connectivity index (χ3n) is 4.74. The number of hydrogen-bond acceptors (Lipinski definition) is 6. The van der Waals surface area contributed by atoms with Gasteiger partial charge in [0.05, 0.1) is 19.9 Å². The molecule has 32 heavy (non-hydrogen) atoms. The number of hydrogen-bond donors (Lipinski definition) is 1. The Labute approximate surface area is 185 Å². The van der Waals surface area contributed by atoms with Crippen LogP contribution in [0, 0.1) is 0 Å². The van der Waals surface area contributed by atoms with Gasteiger partial charge in [-0.25, -0.2) is 0 Å². The maximum absolute atomic E-state index is 13.2. The molecule has 0 aromatic heterocycles. The Morgan fingerprint density at radius 1 is 0.969 bits per heavy atom. The summed E-state index contributed by atoms with van der Waals surface area (Å²) in [6.45, 7) is 5.51. The second kappa shape index (κ2) is 9.30. The van der Waals surface area contributed by atoms with Crippen molar-refractivity contribution in [3.8, 4) is 11.5 Å². The molecule has 164 valence electrons. The van der Waals surface area contributed by atoms with Gasteiger partial charge in [0, 0.05) is 23.7 Å². The molecule has 2 aromatic carbocycles. The molecule has 0 saturated carbocycles. The lowest BCUT2D eigenvalue weighted by molar-refractivity contribution is -0.137. The van der Waals surface area contributed by atoms with E-state index in [0.29, 0.717) is 17.1 Å². The first-order chi connectivity index (χ1) is 15.3. The molecule has 3 rings (SSSR count). The first-order valence-electron chi connectivity index (χ1n) is 9.66. The van der Waals surface area contributed by atoms with Crippen molar-refractivity contribution in [1.82, 2.24) is 5.32 Å². The molecule has 0 unspecified atom stereocenters. The summed E-state index contributed by atoms with van der Waals surface area (Å²) in [7, 11) is 2.85. The average molecular weight is 434 g/mol. The van der Waals surface area contributed by atoms with Crippen LogP contribution < -0.4 is 19.7 Å². The van der Waals surface area contributed by atoms with E-state index in [2.05, 4.69) is 11.9 Å².